The first kappa shape index (κ1) is 13.4. The predicted molar refractivity (Wildman–Crippen MR) is 90.6 cm³/mol. The van der Waals surface area contributed by atoms with Crippen molar-refractivity contribution in [3.05, 3.63) is 39.1 Å². The zero-order chi connectivity index (χ0) is 14.4. The van der Waals surface area contributed by atoms with Gasteiger partial charge < -0.3 is 5.32 Å². The topological polar surface area (TPSA) is 59.3 Å². The molecule has 1 N–H and O–H groups in total. The highest BCUT2D eigenvalue weighted by atomic mass is 127. The Morgan fingerprint density at radius 3 is 2.95 bits per heavy atom. The summed E-state index contributed by atoms with van der Waals surface area (Å²) < 4.78 is 2.21. The minimum atomic E-state index is -0.160. The lowest BCUT2D eigenvalue weighted by molar-refractivity contribution is 0.446. The lowest BCUT2D eigenvalue weighted by atomic mass is 9.94. The van der Waals surface area contributed by atoms with Gasteiger partial charge in [-0.25, -0.2) is 4.52 Å². The molecule has 21 heavy (non-hydrogen) atoms. The van der Waals surface area contributed by atoms with Crippen LogP contribution in [0.15, 0.2) is 16.9 Å². The van der Waals surface area contributed by atoms with Gasteiger partial charge in [0.25, 0.3) is 5.56 Å². The highest BCUT2D eigenvalue weighted by molar-refractivity contribution is 14.1. The minimum Gasteiger partial charge on any atom is -0.317 e. The molecule has 1 saturated heterocycles. The lowest BCUT2D eigenvalue weighted by Crippen LogP contribution is -2.29. The second-order valence-electron chi connectivity index (χ2n) is 5.55. The molecule has 1 unspecified atom stereocenters. The molecule has 2 aromatic rings. The third kappa shape index (κ3) is 2.30. The molecule has 1 fully saturated rings. The van der Waals surface area contributed by atoms with Crippen LogP contribution < -0.4 is 16.1 Å². The number of piperidine rings is 1. The molecule has 5 nitrogen and oxygen atoms in total. The Kier molecular flexibility index (Phi) is 3.30. The molecule has 2 aromatic heterocycles. The number of rotatable bonds is 1. The molecule has 3 heterocycles. The molecule has 0 amide bonds. The zero-order valence-electron chi connectivity index (χ0n) is 11.4. The van der Waals surface area contributed by atoms with Crippen LogP contribution in [0.5, 0.6) is 0 Å². The summed E-state index contributed by atoms with van der Waals surface area (Å²) in [4.78, 5) is 16.2. The van der Waals surface area contributed by atoms with Gasteiger partial charge in [-0.05, 0) is 32.0 Å². The van der Waals surface area contributed by atoms with Crippen LogP contribution in [-0.2, 0) is 0 Å². The highest BCUT2D eigenvalue weighted by Crippen LogP contribution is 2.24. The van der Waals surface area contributed by atoms with Crippen molar-refractivity contribution < 1.29 is 0 Å². The van der Waals surface area contributed by atoms with Crippen molar-refractivity contribution in [2.75, 3.05) is 13.1 Å². The SMILES string of the molecule is O=c1cc(C2CCNCC2)n2nc3c(c2n1)=CC(I)C=C3. The van der Waals surface area contributed by atoms with Crippen molar-refractivity contribution in [2.24, 2.45) is 0 Å². The van der Waals surface area contributed by atoms with E-state index in [9.17, 15) is 4.79 Å². The van der Waals surface area contributed by atoms with Crippen LogP contribution in [0.2, 0.25) is 0 Å². The molecule has 1 aliphatic heterocycles. The second kappa shape index (κ2) is 5.17. The molecule has 0 radical (unpaired) electrons. The molecule has 6 heteroatoms. The van der Waals surface area contributed by atoms with Crippen LogP contribution in [0, 0.1) is 0 Å². The summed E-state index contributed by atoms with van der Waals surface area (Å²) in [6.07, 6.45) is 8.33. The second-order valence-corrected chi connectivity index (χ2v) is 6.99. The van der Waals surface area contributed by atoms with E-state index in [0.29, 0.717) is 15.5 Å². The van der Waals surface area contributed by atoms with Gasteiger partial charge in [0.05, 0.1) is 11.4 Å². The van der Waals surface area contributed by atoms with E-state index in [2.05, 4.69) is 50.1 Å². The maximum atomic E-state index is 12.0. The van der Waals surface area contributed by atoms with Crippen molar-refractivity contribution in [1.29, 1.82) is 0 Å². The number of nitrogens with zero attached hydrogens (tertiary/aromatic N) is 3. The number of alkyl halides is 1. The van der Waals surface area contributed by atoms with Gasteiger partial charge in [0, 0.05) is 21.1 Å². The summed E-state index contributed by atoms with van der Waals surface area (Å²) in [5.74, 6) is 0.380. The van der Waals surface area contributed by atoms with Crippen LogP contribution in [0.4, 0.5) is 0 Å². The summed E-state index contributed by atoms with van der Waals surface area (Å²) in [6, 6.07) is 1.66. The first-order chi connectivity index (χ1) is 10.2. The van der Waals surface area contributed by atoms with Gasteiger partial charge in [0.2, 0.25) is 0 Å². The zero-order valence-corrected chi connectivity index (χ0v) is 13.6. The Balaban J connectivity index is 1.98. The predicted octanol–water partition coefficient (Wildman–Crippen LogP) is 0.886. The maximum Gasteiger partial charge on any atom is 0.273 e. The molecule has 1 atom stereocenters. The first-order valence-corrected chi connectivity index (χ1v) is 8.45. The van der Waals surface area contributed by atoms with Gasteiger partial charge in [-0.1, -0.05) is 34.7 Å². The number of nitrogens with one attached hydrogen (secondary N) is 1. The summed E-state index contributed by atoms with van der Waals surface area (Å²) in [5.41, 5.74) is 2.47. The summed E-state index contributed by atoms with van der Waals surface area (Å²) in [5, 5.41) is 9.03. The van der Waals surface area contributed by atoms with Crippen LogP contribution in [0.3, 0.4) is 0 Å². The van der Waals surface area contributed by atoms with Crippen molar-refractivity contribution in [2.45, 2.75) is 22.7 Å². The van der Waals surface area contributed by atoms with E-state index in [1.807, 2.05) is 10.6 Å². The number of aromatic nitrogens is 3. The Morgan fingerprint density at radius 1 is 1.33 bits per heavy atom. The van der Waals surface area contributed by atoms with Gasteiger partial charge in [0.15, 0.2) is 5.65 Å². The normalized spacial score (nSPS) is 22.2. The molecule has 0 bridgehead atoms. The van der Waals surface area contributed by atoms with Crippen LogP contribution in [-0.4, -0.2) is 31.6 Å². The molecule has 4 rings (SSSR count). The first-order valence-electron chi connectivity index (χ1n) is 7.21. The van der Waals surface area contributed by atoms with Crippen LogP contribution in [0.1, 0.15) is 30.1 Å². The molecule has 108 valence electrons. The molecule has 1 aliphatic carbocycles. The average Bonchev–Trinajstić information content (AvgIpc) is 2.85. The number of allylic oxidation sites excluding steroid dienone is 1. The molecule has 2 aliphatic rings. The van der Waals surface area contributed by atoms with Gasteiger partial charge in [-0.3, -0.25) is 4.79 Å². The molecule has 0 saturated carbocycles. The van der Waals surface area contributed by atoms with E-state index in [0.717, 1.165) is 42.5 Å². The van der Waals surface area contributed by atoms with Crippen molar-refractivity contribution in [3.63, 3.8) is 0 Å². The van der Waals surface area contributed by atoms with Gasteiger partial charge in [0.1, 0.15) is 0 Å². The fourth-order valence-corrected chi connectivity index (χ4v) is 3.71. The van der Waals surface area contributed by atoms with Crippen LogP contribution >= 0.6 is 22.6 Å². The highest BCUT2D eigenvalue weighted by Gasteiger charge is 2.21. The number of hydrogen-bond donors (Lipinski definition) is 1. The van der Waals surface area contributed by atoms with E-state index in [1.54, 1.807) is 6.07 Å². The third-order valence-corrected chi connectivity index (χ3v) is 4.95. The van der Waals surface area contributed by atoms with E-state index in [4.69, 9.17) is 0 Å². The minimum absolute atomic E-state index is 0.160. The van der Waals surface area contributed by atoms with Gasteiger partial charge >= 0.3 is 0 Å². The van der Waals surface area contributed by atoms with Gasteiger partial charge in [-0.15, -0.1) is 0 Å². The molecular weight excluding hydrogens is 379 g/mol. The third-order valence-electron chi connectivity index (χ3n) is 4.18. The van der Waals surface area contributed by atoms with E-state index in [1.165, 1.54) is 0 Å². The number of hydrogen-bond acceptors (Lipinski definition) is 4. The summed E-state index contributed by atoms with van der Waals surface area (Å²) in [7, 11) is 0. The Bertz CT molecular complexity index is 835. The number of fused-ring (bicyclic) bond motifs is 3. The maximum absolute atomic E-state index is 12.0. The smallest absolute Gasteiger partial charge is 0.273 e. The Labute approximate surface area is 135 Å². The molecule has 0 aromatic carbocycles. The molecular formula is C15H15IN4O. The van der Waals surface area contributed by atoms with Crippen molar-refractivity contribution >= 4 is 40.4 Å². The van der Waals surface area contributed by atoms with E-state index >= 15 is 0 Å². The van der Waals surface area contributed by atoms with Crippen LogP contribution in [0.25, 0.3) is 17.8 Å². The monoisotopic (exact) mass is 394 g/mol. The fourth-order valence-electron chi connectivity index (χ4n) is 3.14. The van der Waals surface area contributed by atoms with Gasteiger partial charge in [-0.2, -0.15) is 10.1 Å². The largest absolute Gasteiger partial charge is 0.317 e. The summed E-state index contributed by atoms with van der Waals surface area (Å²) >= 11 is 2.35. The average molecular weight is 394 g/mol. The van der Waals surface area contributed by atoms with Crippen molar-refractivity contribution in [1.82, 2.24) is 19.9 Å². The Morgan fingerprint density at radius 2 is 2.14 bits per heavy atom. The molecule has 0 spiro atoms. The van der Waals surface area contributed by atoms with E-state index < -0.39 is 0 Å². The fraction of sp³-hybridized carbons (Fsp3) is 0.400. The Hall–Kier alpha value is -1.28. The van der Waals surface area contributed by atoms with Crippen molar-refractivity contribution in [3.8, 4) is 0 Å². The number of halogens is 1. The van der Waals surface area contributed by atoms with E-state index in [-0.39, 0.29) is 5.56 Å². The lowest BCUT2D eigenvalue weighted by Gasteiger charge is -2.22. The standard InChI is InChI=1S/C15H15IN4O/c16-10-1-2-12-11(7-10)15-18-14(21)8-13(20(15)19-12)9-3-5-17-6-4-9/h1-2,7-10,17H,3-6H2. The summed E-state index contributed by atoms with van der Waals surface area (Å²) in [6.45, 7) is 1.98. The quantitative estimate of drug-likeness (QED) is 0.577.